The SMILES string of the molecule is Fc1cccc(C2CC(Nc3c(F)cccc3Cl)C2)c1. The molecule has 0 radical (unpaired) electrons. The van der Waals surface area contributed by atoms with Crippen molar-refractivity contribution in [2.24, 2.45) is 0 Å². The molecule has 0 amide bonds. The predicted molar refractivity (Wildman–Crippen MR) is 77.2 cm³/mol. The lowest BCUT2D eigenvalue weighted by atomic mass is 9.76. The maximum absolute atomic E-state index is 13.6. The standard InChI is InChI=1S/C16H14ClF2N/c17-14-5-2-6-15(19)16(14)20-13-8-11(9-13)10-3-1-4-12(18)7-10/h1-7,11,13,20H,8-9H2. The van der Waals surface area contributed by atoms with Crippen LogP contribution >= 0.6 is 11.6 Å². The third-order valence-corrected chi connectivity index (χ3v) is 4.08. The van der Waals surface area contributed by atoms with E-state index in [0.29, 0.717) is 16.6 Å². The molecule has 3 rings (SSSR count). The summed E-state index contributed by atoms with van der Waals surface area (Å²) in [4.78, 5) is 0. The van der Waals surface area contributed by atoms with Gasteiger partial charge < -0.3 is 5.32 Å². The lowest BCUT2D eigenvalue weighted by Gasteiger charge is -2.37. The maximum atomic E-state index is 13.6. The summed E-state index contributed by atoms with van der Waals surface area (Å²) in [5, 5.41) is 3.52. The summed E-state index contributed by atoms with van der Waals surface area (Å²) in [6.07, 6.45) is 1.71. The van der Waals surface area contributed by atoms with Gasteiger partial charge in [-0.15, -0.1) is 0 Å². The summed E-state index contributed by atoms with van der Waals surface area (Å²) in [5.74, 6) is -0.225. The lowest BCUT2D eigenvalue weighted by Crippen LogP contribution is -2.34. The number of hydrogen-bond donors (Lipinski definition) is 1. The molecule has 0 atom stereocenters. The number of hydrogen-bond acceptors (Lipinski definition) is 1. The van der Waals surface area contributed by atoms with Crippen molar-refractivity contribution in [3.8, 4) is 0 Å². The third kappa shape index (κ3) is 2.63. The van der Waals surface area contributed by atoms with Crippen molar-refractivity contribution in [2.75, 3.05) is 5.32 Å². The van der Waals surface area contributed by atoms with Crippen LogP contribution in [0.15, 0.2) is 42.5 Å². The zero-order valence-electron chi connectivity index (χ0n) is 10.7. The molecule has 1 N–H and O–H groups in total. The number of benzene rings is 2. The van der Waals surface area contributed by atoms with Crippen LogP contribution in [0.1, 0.15) is 24.3 Å². The molecule has 2 aromatic rings. The molecule has 0 unspecified atom stereocenters. The molecule has 0 spiro atoms. The Hall–Kier alpha value is -1.61. The second-order valence-corrected chi connectivity index (χ2v) is 5.57. The van der Waals surface area contributed by atoms with E-state index in [2.05, 4.69) is 5.32 Å². The highest BCUT2D eigenvalue weighted by atomic mass is 35.5. The minimum absolute atomic E-state index is 0.178. The third-order valence-electron chi connectivity index (χ3n) is 3.77. The van der Waals surface area contributed by atoms with Crippen molar-refractivity contribution in [1.29, 1.82) is 0 Å². The summed E-state index contributed by atoms with van der Waals surface area (Å²) >= 11 is 5.98. The molecule has 1 nitrogen and oxygen atoms in total. The number of rotatable bonds is 3. The van der Waals surface area contributed by atoms with Crippen molar-refractivity contribution >= 4 is 17.3 Å². The highest BCUT2D eigenvalue weighted by Gasteiger charge is 2.31. The molecule has 0 heterocycles. The molecule has 1 fully saturated rings. The molecule has 104 valence electrons. The molecular formula is C16H14ClF2N. The molecule has 1 saturated carbocycles. The fourth-order valence-corrected chi connectivity index (χ4v) is 2.83. The van der Waals surface area contributed by atoms with Gasteiger partial charge in [-0.2, -0.15) is 0 Å². The highest BCUT2D eigenvalue weighted by Crippen LogP contribution is 2.39. The molecule has 1 aliphatic carbocycles. The Bertz CT molecular complexity index is 603. The first-order valence-electron chi connectivity index (χ1n) is 6.59. The summed E-state index contributed by atoms with van der Waals surface area (Å²) in [7, 11) is 0. The van der Waals surface area contributed by atoms with E-state index in [-0.39, 0.29) is 17.7 Å². The molecule has 0 bridgehead atoms. The van der Waals surface area contributed by atoms with Crippen molar-refractivity contribution in [3.05, 3.63) is 64.7 Å². The average molecular weight is 294 g/mol. The summed E-state index contributed by atoms with van der Waals surface area (Å²) in [5.41, 5.74) is 1.36. The Morgan fingerprint density at radius 2 is 1.80 bits per heavy atom. The van der Waals surface area contributed by atoms with Gasteiger partial charge >= 0.3 is 0 Å². The van der Waals surface area contributed by atoms with Gasteiger partial charge in [0, 0.05) is 6.04 Å². The van der Waals surface area contributed by atoms with Crippen molar-refractivity contribution in [3.63, 3.8) is 0 Å². The van der Waals surface area contributed by atoms with Crippen molar-refractivity contribution in [1.82, 2.24) is 0 Å². The van der Waals surface area contributed by atoms with Crippen LogP contribution in [-0.4, -0.2) is 6.04 Å². The summed E-state index contributed by atoms with van der Waals surface area (Å²) in [6, 6.07) is 11.5. The van der Waals surface area contributed by atoms with E-state index < -0.39 is 0 Å². The van der Waals surface area contributed by atoms with Gasteiger partial charge in [0.05, 0.1) is 10.7 Å². The van der Waals surface area contributed by atoms with E-state index in [4.69, 9.17) is 11.6 Å². The fourth-order valence-electron chi connectivity index (χ4n) is 2.61. The number of anilines is 1. The Labute approximate surface area is 121 Å². The highest BCUT2D eigenvalue weighted by molar-refractivity contribution is 6.33. The molecule has 0 aliphatic heterocycles. The fraction of sp³-hybridized carbons (Fsp3) is 0.250. The van der Waals surface area contributed by atoms with E-state index in [1.807, 2.05) is 6.07 Å². The molecule has 1 aliphatic rings. The van der Waals surface area contributed by atoms with Crippen LogP contribution in [0.2, 0.25) is 5.02 Å². The second kappa shape index (κ2) is 5.41. The normalized spacial score (nSPS) is 21.4. The quantitative estimate of drug-likeness (QED) is 0.842. The van der Waals surface area contributed by atoms with E-state index in [1.54, 1.807) is 24.3 Å². The number of nitrogens with one attached hydrogen (secondary N) is 1. The van der Waals surface area contributed by atoms with Gasteiger partial charge in [0.1, 0.15) is 11.6 Å². The van der Waals surface area contributed by atoms with Crippen LogP contribution < -0.4 is 5.32 Å². The Kier molecular flexibility index (Phi) is 3.62. The minimum Gasteiger partial charge on any atom is -0.379 e. The lowest BCUT2D eigenvalue weighted by molar-refractivity contribution is 0.372. The van der Waals surface area contributed by atoms with Gasteiger partial charge in [-0.1, -0.05) is 29.8 Å². The largest absolute Gasteiger partial charge is 0.379 e. The number of halogens is 3. The summed E-state index contributed by atoms with van der Waals surface area (Å²) < 4.78 is 26.8. The Balaban J connectivity index is 1.64. The van der Waals surface area contributed by atoms with E-state index in [1.165, 1.54) is 12.1 Å². The van der Waals surface area contributed by atoms with Gasteiger partial charge in [0.15, 0.2) is 0 Å². The zero-order valence-corrected chi connectivity index (χ0v) is 11.5. The van der Waals surface area contributed by atoms with Crippen molar-refractivity contribution in [2.45, 2.75) is 24.8 Å². The van der Waals surface area contributed by atoms with Crippen LogP contribution in [0.25, 0.3) is 0 Å². The molecule has 20 heavy (non-hydrogen) atoms. The van der Waals surface area contributed by atoms with Gasteiger partial charge in [-0.05, 0) is 48.6 Å². The second-order valence-electron chi connectivity index (χ2n) is 5.16. The van der Waals surface area contributed by atoms with Gasteiger partial charge in [-0.25, -0.2) is 8.78 Å². The Morgan fingerprint density at radius 3 is 2.50 bits per heavy atom. The molecule has 2 aromatic carbocycles. The number of para-hydroxylation sites is 1. The van der Waals surface area contributed by atoms with E-state index >= 15 is 0 Å². The van der Waals surface area contributed by atoms with Gasteiger partial charge in [-0.3, -0.25) is 0 Å². The average Bonchev–Trinajstić information content (AvgIpc) is 2.36. The van der Waals surface area contributed by atoms with E-state index in [9.17, 15) is 8.78 Å². The van der Waals surface area contributed by atoms with Gasteiger partial charge in [0.25, 0.3) is 0 Å². The minimum atomic E-state index is -0.341. The smallest absolute Gasteiger partial charge is 0.147 e. The van der Waals surface area contributed by atoms with Crippen LogP contribution in [0.4, 0.5) is 14.5 Å². The first-order valence-corrected chi connectivity index (χ1v) is 6.97. The molecular weight excluding hydrogens is 280 g/mol. The van der Waals surface area contributed by atoms with E-state index in [0.717, 1.165) is 18.4 Å². The van der Waals surface area contributed by atoms with Gasteiger partial charge in [0.2, 0.25) is 0 Å². The predicted octanol–water partition coefficient (Wildman–Crippen LogP) is 4.98. The van der Waals surface area contributed by atoms with Crippen LogP contribution in [0, 0.1) is 11.6 Å². The topological polar surface area (TPSA) is 12.0 Å². The first kappa shape index (κ1) is 13.4. The molecule has 0 aromatic heterocycles. The molecule has 0 saturated heterocycles. The summed E-state index contributed by atoms with van der Waals surface area (Å²) in [6.45, 7) is 0. The van der Waals surface area contributed by atoms with Crippen LogP contribution in [-0.2, 0) is 0 Å². The monoisotopic (exact) mass is 293 g/mol. The first-order chi connectivity index (χ1) is 9.63. The van der Waals surface area contributed by atoms with Crippen molar-refractivity contribution < 1.29 is 8.78 Å². The molecule has 4 heteroatoms. The zero-order chi connectivity index (χ0) is 14.1. The maximum Gasteiger partial charge on any atom is 0.147 e. The Morgan fingerprint density at radius 1 is 1.05 bits per heavy atom. The van der Waals surface area contributed by atoms with Crippen LogP contribution in [0.3, 0.4) is 0 Å². The van der Waals surface area contributed by atoms with Crippen LogP contribution in [0.5, 0.6) is 0 Å².